The van der Waals surface area contributed by atoms with Crippen LogP contribution in [0.3, 0.4) is 0 Å². The molecule has 3 rings (SSSR count). The van der Waals surface area contributed by atoms with Crippen molar-refractivity contribution in [1.82, 2.24) is 4.90 Å². The van der Waals surface area contributed by atoms with Crippen molar-refractivity contribution in [3.8, 4) is 5.75 Å². The summed E-state index contributed by atoms with van der Waals surface area (Å²) in [5.74, 6) is -2.09. The summed E-state index contributed by atoms with van der Waals surface area (Å²) in [4.78, 5) is 64.5. The van der Waals surface area contributed by atoms with Gasteiger partial charge in [0.1, 0.15) is 37.3 Å². The molecule has 23 heteroatoms. The first-order valence-electron chi connectivity index (χ1n) is 24.7. The molecule has 0 aliphatic rings. The van der Waals surface area contributed by atoms with Gasteiger partial charge in [0.2, 0.25) is 0 Å². The standard InChI is InChI=1S/C53H75NO21S/c1-9-49(56)69-31-24-62-20-27-65-39(4)54(48(55)35-72-43-16-17-47-45(34-43)52(59)44-14-12-13-15-46(44)76-47)53(36-73-40(5)66-28-21-61-19-18-60-8,37-74-41(6)67-29-22-63-25-32-70-50(57)10-2)38-75-42(7)68-30-23-64-26-33-71-51(58)11-3/h9-17,34,39-42H,1-3,18-33,35-38H2,4-8H3. The van der Waals surface area contributed by atoms with Crippen molar-refractivity contribution >= 4 is 55.3 Å². The van der Waals surface area contributed by atoms with Crippen molar-refractivity contribution in [2.45, 2.75) is 58.3 Å². The number of hydrogen-bond acceptors (Lipinski definition) is 22. The zero-order valence-corrected chi connectivity index (χ0v) is 45.1. The second-order valence-electron chi connectivity index (χ2n) is 16.1. The summed E-state index contributed by atoms with van der Waals surface area (Å²) in [5.41, 5.74) is -1.77. The van der Waals surface area contributed by atoms with E-state index in [1.54, 1.807) is 65.1 Å². The first kappa shape index (κ1) is 65.0. The summed E-state index contributed by atoms with van der Waals surface area (Å²) in [7, 11) is 1.57. The first-order valence-corrected chi connectivity index (χ1v) is 25.5. The second-order valence-corrected chi connectivity index (χ2v) is 17.2. The highest BCUT2D eigenvalue weighted by Crippen LogP contribution is 2.29. The molecule has 1 amide bonds. The molecule has 0 aliphatic carbocycles. The zero-order valence-electron chi connectivity index (χ0n) is 44.3. The van der Waals surface area contributed by atoms with Crippen LogP contribution in [0.25, 0.3) is 20.2 Å². The lowest BCUT2D eigenvalue weighted by atomic mass is 9.99. The molecular weight excluding hydrogens is 1020 g/mol. The van der Waals surface area contributed by atoms with E-state index in [1.807, 2.05) is 12.1 Å². The number of amides is 1. The summed E-state index contributed by atoms with van der Waals surface area (Å²) in [6.45, 7) is 17.3. The molecule has 0 aliphatic heterocycles. The summed E-state index contributed by atoms with van der Waals surface area (Å²) < 4.78 is 93.4. The summed E-state index contributed by atoms with van der Waals surface area (Å²) in [5, 5.41) is 0.985. The number of fused-ring (bicyclic) bond motifs is 2. The third-order valence-corrected chi connectivity index (χ3v) is 11.6. The van der Waals surface area contributed by atoms with E-state index in [0.29, 0.717) is 24.0 Å². The third-order valence-electron chi connectivity index (χ3n) is 10.5. The van der Waals surface area contributed by atoms with Crippen molar-refractivity contribution in [3.05, 3.63) is 90.7 Å². The largest absolute Gasteiger partial charge is 0.484 e. The van der Waals surface area contributed by atoms with Gasteiger partial charge in [0, 0.05) is 45.5 Å². The Morgan fingerprint density at radius 2 is 0.961 bits per heavy atom. The molecule has 2 aromatic carbocycles. The number of hydrogen-bond donors (Lipinski definition) is 0. The molecule has 4 atom stereocenters. The van der Waals surface area contributed by atoms with E-state index in [1.165, 1.54) is 16.2 Å². The SMILES string of the molecule is C=CC(=O)OCCOCCOC(C)OCC(COC(C)OCCOCCOC)(COC(C)OCCOCCOC(=O)C=C)N(C(=O)COc1ccc2sc3ccccc3c(=O)c2c1)C(C)OCCOCCOC(=O)C=C. The molecule has 0 N–H and O–H groups in total. The van der Waals surface area contributed by atoms with Crippen LogP contribution in [0.5, 0.6) is 5.75 Å². The number of nitrogens with zero attached hydrogens (tertiary/aromatic N) is 1. The predicted molar refractivity (Wildman–Crippen MR) is 279 cm³/mol. The van der Waals surface area contributed by atoms with Gasteiger partial charge in [-0.15, -0.1) is 11.3 Å². The molecule has 4 unspecified atom stereocenters. The van der Waals surface area contributed by atoms with Gasteiger partial charge < -0.3 is 80.7 Å². The number of methoxy groups -OCH3 is 1. The van der Waals surface area contributed by atoms with Crippen LogP contribution in [-0.4, -0.2) is 199 Å². The lowest BCUT2D eigenvalue weighted by molar-refractivity contribution is -0.238. The maximum atomic E-state index is 15.1. The highest BCUT2D eigenvalue weighted by molar-refractivity contribution is 7.24. The lowest BCUT2D eigenvalue weighted by Crippen LogP contribution is -2.65. The Balaban J connectivity index is 1.99. The van der Waals surface area contributed by atoms with Crippen molar-refractivity contribution < 1.29 is 95.0 Å². The third kappa shape index (κ3) is 25.3. The van der Waals surface area contributed by atoms with Gasteiger partial charge in [-0.25, -0.2) is 14.4 Å². The van der Waals surface area contributed by atoms with Crippen molar-refractivity contribution in [2.24, 2.45) is 0 Å². The molecule has 0 saturated heterocycles. The number of rotatable bonds is 45. The average Bonchev–Trinajstić information content (AvgIpc) is 3.42. The van der Waals surface area contributed by atoms with Gasteiger partial charge in [0.15, 0.2) is 30.9 Å². The molecule has 1 aromatic heterocycles. The minimum Gasteiger partial charge on any atom is -0.484 e. The van der Waals surface area contributed by atoms with Crippen molar-refractivity contribution in [1.29, 1.82) is 0 Å². The fraction of sp³-hybridized carbons (Fsp3) is 0.566. The predicted octanol–water partition coefficient (Wildman–Crippen LogP) is 4.76. The molecule has 0 bridgehead atoms. The fourth-order valence-electron chi connectivity index (χ4n) is 6.74. The second kappa shape index (κ2) is 38.3. The van der Waals surface area contributed by atoms with Crippen LogP contribution >= 0.6 is 11.3 Å². The van der Waals surface area contributed by atoms with Crippen LogP contribution in [0.2, 0.25) is 0 Å². The molecule has 424 valence electrons. The van der Waals surface area contributed by atoms with E-state index in [2.05, 4.69) is 19.7 Å². The smallest absolute Gasteiger partial charge is 0.330 e. The van der Waals surface area contributed by atoms with Crippen LogP contribution in [0, 0.1) is 0 Å². The number of carbonyl (C=O) groups is 4. The Morgan fingerprint density at radius 1 is 0.539 bits per heavy atom. The van der Waals surface area contributed by atoms with E-state index in [9.17, 15) is 19.2 Å². The summed E-state index contributed by atoms with van der Waals surface area (Å²) in [6.07, 6.45) is -0.577. The Hall–Kier alpha value is -5.25. The fourth-order valence-corrected chi connectivity index (χ4v) is 7.79. The van der Waals surface area contributed by atoms with Crippen LogP contribution in [-0.2, 0) is 90.2 Å². The Labute approximate surface area is 447 Å². The van der Waals surface area contributed by atoms with E-state index < -0.39 is 61.1 Å². The van der Waals surface area contributed by atoms with E-state index >= 15 is 4.79 Å². The van der Waals surface area contributed by atoms with E-state index in [4.69, 9.17) is 75.8 Å². The van der Waals surface area contributed by atoms with Crippen molar-refractivity contribution in [3.63, 3.8) is 0 Å². The minimum absolute atomic E-state index is 0.0219. The quantitative estimate of drug-likeness (QED) is 0.0185. The van der Waals surface area contributed by atoms with Gasteiger partial charge in [-0.05, 0) is 58.0 Å². The highest BCUT2D eigenvalue weighted by atomic mass is 32.1. The van der Waals surface area contributed by atoms with E-state index in [-0.39, 0.29) is 123 Å². The summed E-state index contributed by atoms with van der Waals surface area (Å²) >= 11 is 1.46. The van der Waals surface area contributed by atoms with Crippen molar-refractivity contribution in [2.75, 3.05) is 139 Å². The summed E-state index contributed by atoms with van der Waals surface area (Å²) in [6, 6.07) is 12.4. The van der Waals surface area contributed by atoms with Gasteiger partial charge in [-0.1, -0.05) is 31.9 Å². The molecule has 22 nitrogen and oxygen atoms in total. The Morgan fingerprint density at radius 3 is 1.42 bits per heavy atom. The molecular formula is C53H75NO21S. The molecule has 0 saturated carbocycles. The minimum atomic E-state index is -1.59. The highest BCUT2D eigenvalue weighted by Gasteiger charge is 2.46. The molecule has 0 spiro atoms. The van der Waals surface area contributed by atoms with Gasteiger partial charge in [0.25, 0.3) is 5.91 Å². The van der Waals surface area contributed by atoms with E-state index in [0.717, 1.165) is 27.6 Å². The normalized spacial score (nSPS) is 13.8. The van der Waals surface area contributed by atoms with Crippen LogP contribution in [0.1, 0.15) is 27.7 Å². The molecule has 1 heterocycles. The molecule has 0 fully saturated rings. The number of carbonyl (C=O) groups excluding carboxylic acids is 4. The Kier molecular flexibility index (Phi) is 32.8. The Bertz CT molecular complexity index is 2210. The molecule has 76 heavy (non-hydrogen) atoms. The van der Waals surface area contributed by atoms with Gasteiger partial charge >= 0.3 is 17.9 Å². The number of ether oxygens (including phenoxy) is 16. The molecule has 0 radical (unpaired) electrons. The topological polar surface area (TPSA) is 236 Å². The van der Waals surface area contributed by atoms with Gasteiger partial charge in [0.05, 0.1) is 106 Å². The van der Waals surface area contributed by atoms with Crippen LogP contribution in [0.15, 0.2) is 85.2 Å². The zero-order chi connectivity index (χ0) is 55.4. The van der Waals surface area contributed by atoms with Crippen LogP contribution in [0.4, 0.5) is 0 Å². The maximum absolute atomic E-state index is 15.1. The van der Waals surface area contributed by atoms with Gasteiger partial charge in [-0.3, -0.25) is 9.59 Å². The lowest BCUT2D eigenvalue weighted by Gasteiger charge is -2.46. The maximum Gasteiger partial charge on any atom is 0.330 e. The first-order chi connectivity index (χ1) is 36.8. The average molecular weight is 1090 g/mol. The van der Waals surface area contributed by atoms with Gasteiger partial charge in [-0.2, -0.15) is 0 Å². The van der Waals surface area contributed by atoms with Crippen LogP contribution < -0.4 is 10.2 Å². The molecule has 3 aromatic rings. The number of benzene rings is 2. The monoisotopic (exact) mass is 1090 g/mol. The number of esters is 3.